The molecule has 0 saturated carbocycles. The summed E-state index contributed by atoms with van der Waals surface area (Å²) >= 11 is 5.92. The van der Waals surface area contributed by atoms with Gasteiger partial charge in [0.25, 0.3) is 0 Å². The first-order valence-corrected chi connectivity index (χ1v) is 5.69. The van der Waals surface area contributed by atoms with Crippen LogP contribution in [-0.4, -0.2) is 16.3 Å². The molecule has 5 heteroatoms. The largest absolute Gasteiger partial charge is 0.330 e. The van der Waals surface area contributed by atoms with E-state index in [1.165, 1.54) is 12.1 Å². The van der Waals surface area contributed by atoms with Crippen molar-refractivity contribution in [2.45, 2.75) is 13.3 Å². The van der Waals surface area contributed by atoms with Crippen LogP contribution in [0.15, 0.2) is 24.4 Å². The zero-order valence-electron chi connectivity index (χ0n) is 9.45. The Labute approximate surface area is 104 Å². The second-order valence-corrected chi connectivity index (χ2v) is 4.27. The second-order valence-electron chi connectivity index (χ2n) is 3.86. The maximum atomic E-state index is 13.4. The molecule has 0 aliphatic carbocycles. The van der Waals surface area contributed by atoms with Gasteiger partial charge >= 0.3 is 0 Å². The maximum Gasteiger partial charge on any atom is 0.125 e. The molecule has 0 spiro atoms. The number of hydrogen-bond acceptors (Lipinski definition) is 2. The predicted octanol–water partition coefficient (Wildman–Crippen LogP) is 2.47. The number of nitrogens with two attached hydrogens (primary N) is 1. The molecule has 0 aliphatic rings. The summed E-state index contributed by atoms with van der Waals surface area (Å²) in [5, 5.41) is 4.77. The summed E-state index contributed by atoms with van der Waals surface area (Å²) in [6.07, 6.45) is 2.30. The Bertz CT molecular complexity index is 517. The molecule has 0 saturated heterocycles. The Kier molecular flexibility index (Phi) is 3.45. The van der Waals surface area contributed by atoms with Crippen LogP contribution in [0.5, 0.6) is 0 Å². The third-order valence-corrected chi connectivity index (χ3v) is 2.85. The van der Waals surface area contributed by atoms with Crippen molar-refractivity contribution in [3.8, 4) is 5.69 Å². The molecular weight excluding hydrogens is 241 g/mol. The molecule has 2 N–H and O–H groups in total. The highest BCUT2D eigenvalue weighted by molar-refractivity contribution is 6.31. The van der Waals surface area contributed by atoms with E-state index in [2.05, 4.69) is 5.10 Å². The molecular formula is C12H13ClFN3. The first-order valence-electron chi connectivity index (χ1n) is 5.32. The first kappa shape index (κ1) is 12.1. The van der Waals surface area contributed by atoms with E-state index in [9.17, 15) is 4.39 Å². The van der Waals surface area contributed by atoms with Crippen LogP contribution in [0.4, 0.5) is 4.39 Å². The molecule has 0 atom stereocenters. The fourth-order valence-corrected chi connectivity index (χ4v) is 1.78. The van der Waals surface area contributed by atoms with Gasteiger partial charge in [-0.05, 0) is 43.7 Å². The topological polar surface area (TPSA) is 43.8 Å². The number of rotatable bonds is 3. The SMILES string of the molecule is Cc1nn(-c2cc(F)cc(CCN)c2)cc1Cl. The van der Waals surface area contributed by atoms with Gasteiger partial charge in [0.05, 0.1) is 16.4 Å². The minimum Gasteiger partial charge on any atom is -0.330 e. The Balaban J connectivity index is 2.44. The van der Waals surface area contributed by atoms with Gasteiger partial charge in [-0.2, -0.15) is 5.10 Å². The average molecular weight is 254 g/mol. The van der Waals surface area contributed by atoms with Gasteiger partial charge in [0, 0.05) is 6.20 Å². The molecule has 3 nitrogen and oxygen atoms in total. The van der Waals surface area contributed by atoms with Gasteiger partial charge in [-0.3, -0.25) is 0 Å². The molecule has 0 bridgehead atoms. The molecule has 17 heavy (non-hydrogen) atoms. The number of hydrogen-bond donors (Lipinski definition) is 1. The van der Waals surface area contributed by atoms with Crippen LogP contribution in [0.3, 0.4) is 0 Å². The van der Waals surface area contributed by atoms with E-state index < -0.39 is 0 Å². The Morgan fingerprint density at radius 2 is 2.18 bits per heavy atom. The smallest absolute Gasteiger partial charge is 0.125 e. The van der Waals surface area contributed by atoms with Crippen LogP contribution in [0.1, 0.15) is 11.3 Å². The summed E-state index contributed by atoms with van der Waals surface area (Å²) in [6.45, 7) is 2.29. The van der Waals surface area contributed by atoms with Crippen molar-refractivity contribution >= 4 is 11.6 Å². The fraction of sp³-hybridized carbons (Fsp3) is 0.250. The number of aryl methyl sites for hydroxylation is 1. The van der Waals surface area contributed by atoms with Crippen LogP contribution >= 0.6 is 11.6 Å². The highest BCUT2D eigenvalue weighted by Crippen LogP contribution is 2.18. The number of aromatic nitrogens is 2. The maximum absolute atomic E-state index is 13.4. The molecule has 0 aliphatic heterocycles. The quantitative estimate of drug-likeness (QED) is 0.913. The van der Waals surface area contributed by atoms with E-state index >= 15 is 0 Å². The molecule has 0 unspecified atom stereocenters. The minimum atomic E-state index is -0.296. The summed E-state index contributed by atoms with van der Waals surface area (Å²) < 4.78 is 15.0. The molecule has 0 radical (unpaired) electrons. The summed E-state index contributed by atoms with van der Waals surface area (Å²) in [6, 6.07) is 4.76. The van der Waals surface area contributed by atoms with E-state index in [1.807, 2.05) is 6.07 Å². The zero-order valence-corrected chi connectivity index (χ0v) is 10.2. The lowest BCUT2D eigenvalue weighted by Crippen LogP contribution is -2.04. The van der Waals surface area contributed by atoms with Gasteiger partial charge in [-0.25, -0.2) is 9.07 Å². The standard InChI is InChI=1S/C12H13ClFN3/c1-8-12(13)7-17(16-8)11-5-9(2-3-15)4-10(14)6-11/h4-7H,2-3,15H2,1H3. The molecule has 0 amide bonds. The molecule has 1 heterocycles. The highest BCUT2D eigenvalue weighted by atomic mass is 35.5. The van der Waals surface area contributed by atoms with Crippen molar-refractivity contribution in [3.63, 3.8) is 0 Å². The lowest BCUT2D eigenvalue weighted by Gasteiger charge is -2.05. The molecule has 2 aromatic rings. The second kappa shape index (κ2) is 4.85. The van der Waals surface area contributed by atoms with E-state index in [0.717, 1.165) is 11.3 Å². The van der Waals surface area contributed by atoms with Crippen LogP contribution in [0.2, 0.25) is 5.02 Å². The summed E-state index contributed by atoms with van der Waals surface area (Å²) in [5.41, 5.74) is 7.69. The molecule has 0 fully saturated rings. The number of halogens is 2. The van der Waals surface area contributed by atoms with Crippen LogP contribution in [-0.2, 0) is 6.42 Å². The zero-order chi connectivity index (χ0) is 12.4. The van der Waals surface area contributed by atoms with Crippen LogP contribution in [0.25, 0.3) is 5.69 Å². The summed E-state index contributed by atoms with van der Waals surface area (Å²) in [4.78, 5) is 0. The lowest BCUT2D eigenvalue weighted by molar-refractivity contribution is 0.622. The van der Waals surface area contributed by atoms with Crippen molar-refractivity contribution < 1.29 is 4.39 Å². The van der Waals surface area contributed by atoms with E-state index in [4.69, 9.17) is 17.3 Å². The van der Waals surface area contributed by atoms with Crippen molar-refractivity contribution in [1.29, 1.82) is 0 Å². The third-order valence-electron chi connectivity index (χ3n) is 2.48. The Hall–Kier alpha value is -1.39. The third kappa shape index (κ3) is 2.65. The summed E-state index contributed by atoms with van der Waals surface area (Å²) in [7, 11) is 0. The van der Waals surface area contributed by atoms with Crippen LogP contribution < -0.4 is 5.73 Å². The van der Waals surface area contributed by atoms with E-state index in [-0.39, 0.29) is 5.82 Å². The van der Waals surface area contributed by atoms with Gasteiger partial charge in [0.15, 0.2) is 0 Å². The minimum absolute atomic E-state index is 0.296. The van der Waals surface area contributed by atoms with Crippen molar-refractivity contribution in [2.75, 3.05) is 6.54 Å². The lowest BCUT2D eigenvalue weighted by atomic mass is 10.1. The average Bonchev–Trinajstić information content (AvgIpc) is 2.59. The predicted molar refractivity (Wildman–Crippen MR) is 66.0 cm³/mol. The fourth-order valence-electron chi connectivity index (χ4n) is 1.65. The van der Waals surface area contributed by atoms with Gasteiger partial charge < -0.3 is 5.73 Å². The van der Waals surface area contributed by atoms with Gasteiger partial charge in [0.2, 0.25) is 0 Å². The van der Waals surface area contributed by atoms with E-state index in [0.29, 0.717) is 23.7 Å². The van der Waals surface area contributed by atoms with Crippen molar-refractivity contribution in [1.82, 2.24) is 9.78 Å². The van der Waals surface area contributed by atoms with E-state index in [1.54, 1.807) is 17.8 Å². The Morgan fingerprint density at radius 3 is 2.76 bits per heavy atom. The van der Waals surface area contributed by atoms with Gasteiger partial charge in [0.1, 0.15) is 5.82 Å². The molecule has 1 aromatic heterocycles. The molecule has 90 valence electrons. The highest BCUT2D eigenvalue weighted by Gasteiger charge is 2.06. The van der Waals surface area contributed by atoms with Crippen molar-refractivity contribution in [2.24, 2.45) is 5.73 Å². The van der Waals surface area contributed by atoms with Gasteiger partial charge in [-0.1, -0.05) is 11.6 Å². The number of benzene rings is 1. The first-order chi connectivity index (χ1) is 8.10. The number of nitrogens with zero attached hydrogens (tertiary/aromatic N) is 2. The Morgan fingerprint density at radius 1 is 1.41 bits per heavy atom. The molecule has 1 aromatic carbocycles. The van der Waals surface area contributed by atoms with Crippen molar-refractivity contribution in [3.05, 3.63) is 46.5 Å². The van der Waals surface area contributed by atoms with Crippen LogP contribution in [0, 0.1) is 12.7 Å². The normalized spacial score (nSPS) is 10.8. The molecule has 2 rings (SSSR count). The monoisotopic (exact) mass is 253 g/mol. The van der Waals surface area contributed by atoms with Gasteiger partial charge in [-0.15, -0.1) is 0 Å². The summed E-state index contributed by atoms with van der Waals surface area (Å²) in [5.74, 6) is -0.296.